The van der Waals surface area contributed by atoms with E-state index < -0.39 is 17.7 Å². The smallest absolute Gasteiger partial charge is 0.308 e. The first-order valence-corrected chi connectivity index (χ1v) is 13.5. The Hall–Kier alpha value is -2.84. The summed E-state index contributed by atoms with van der Waals surface area (Å²) < 4.78 is 26.5. The third-order valence-corrected chi connectivity index (χ3v) is 8.13. The van der Waals surface area contributed by atoms with E-state index in [1.54, 1.807) is 0 Å². The Kier molecular flexibility index (Phi) is 7.31. The summed E-state index contributed by atoms with van der Waals surface area (Å²) in [5.41, 5.74) is 1.00. The van der Waals surface area contributed by atoms with Crippen LogP contribution in [-0.4, -0.2) is 71.7 Å². The molecule has 0 aromatic heterocycles. The monoisotopic (exact) mass is 544 g/mol. The fraction of sp³-hybridized carbons (Fsp3) is 0.517. The predicted molar refractivity (Wildman–Crippen MR) is 142 cm³/mol. The Morgan fingerprint density at radius 1 is 1.18 bits per heavy atom. The first-order chi connectivity index (χ1) is 18.0. The zero-order chi connectivity index (χ0) is 27.1. The number of fused-ring (bicyclic) bond motifs is 1. The quantitative estimate of drug-likeness (QED) is 0.534. The van der Waals surface area contributed by atoms with E-state index in [-0.39, 0.29) is 34.8 Å². The highest BCUT2D eigenvalue weighted by molar-refractivity contribution is 6.30. The van der Waals surface area contributed by atoms with E-state index in [2.05, 4.69) is 18.7 Å². The summed E-state index contributed by atoms with van der Waals surface area (Å²) >= 11 is 6.17. The lowest BCUT2D eigenvalue weighted by Crippen LogP contribution is -2.50. The summed E-state index contributed by atoms with van der Waals surface area (Å²) in [5.74, 6) is -1.18. The lowest BCUT2D eigenvalue weighted by atomic mass is 9.85. The average molecular weight is 545 g/mol. The summed E-state index contributed by atoms with van der Waals surface area (Å²) in [6.07, 6.45) is 3.13. The number of ether oxygens (including phenoxy) is 2. The van der Waals surface area contributed by atoms with Crippen LogP contribution in [0.25, 0.3) is 0 Å². The van der Waals surface area contributed by atoms with Crippen LogP contribution in [0.15, 0.2) is 36.4 Å². The molecule has 1 amide bonds. The molecule has 1 spiro atoms. The van der Waals surface area contributed by atoms with Gasteiger partial charge >= 0.3 is 5.97 Å². The van der Waals surface area contributed by atoms with Crippen LogP contribution in [0.5, 0.6) is 11.5 Å². The molecule has 3 aliphatic rings. The number of carboxylic acids is 1. The standard InChI is InChI=1S/C29H34ClFN2O5/c1-28(2,17-32-11-8-29(9-12-32)15-20-13-21(30)3-6-24(20)38-29)18-37-25-14-22(31)4-5-23(25)26(34)33-10-7-19(16-33)27(35)36/h3-6,13-14,19H,7-12,15-18H2,1-2H3,(H,35,36)/t19-/m0/s1. The highest BCUT2D eigenvalue weighted by Gasteiger charge is 2.42. The first-order valence-electron chi connectivity index (χ1n) is 13.2. The van der Waals surface area contributed by atoms with Gasteiger partial charge in [-0.05, 0) is 42.3 Å². The van der Waals surface area contributed by atoms with Gasteiger partial charge in [0.25, 0.3) is 5.91 Å². The fourth-order valence-corrected chi connectivity index (χ4v) is 6.03. The molecule has 204 valence electrons. The minimum Gasteiger partial charge on any atom is -0.492 e. The van der Waals surface area contributed by atoms with Gasteiger partial charge in [-0.1, -0.05) is 25.4 Å². The molecule has 0 unspecified atom stereocenters. The highest BCUT2D eigenvalue weighted by Crippen LogP contribution is 2.42. The van der Waals surface area contributed by atoms with E-state index in [1.807, 2.05) is 18.2 Å². The van der Waals surface area contributed by atoms with E-state index in [4.69, 9.17) is 21.1 Å². The Balaban J connectivity index is 1.17. The number of hydrogen-bond donors (Lipinski definition) is 1. The molecule has 2 fully saturated rings. The molecular weight excluding hydrogens is 511 g/mol. The van der Waals surface area contributed by atoms with Crippen LogP contribution in [0.3, 0.4) is 0 Å². The molecule has 5 rings (SSSR count). The average Bonchev–Trinajstić information content (AvgIpc) is 3.49. The van der Waals surface area contributed by atoms with Gasteiger partial charge in [0.15, 0.2) is 0 Å². The first kappa shape index (κ1) is 26.8. The van der Waals surface area contributed by atoms with Crippen LogP contribution in [0, 0.1) is 17.2 Å². The van der Waals surface area contributed by atoms with E-state index in [1.165, 1.54) is 28.7 Å². The van der Waals surface area contributed by atoms with Crippen molar-refractivity contribution in [2.45, 2.75) is 45.1 Å². The predicted octanol–water partition coefficient (Wildman–Crippen LogP) is 4.90. The van der Waals surface area contributed by atoms with Crippen LogP contribution >= 0.6 is 11.6 Å². The van der Waals surface area contributed by atoms with Crippen LogP contribution in [0.1, 0.15) is 49.0 Å². The molecule has 2 aromatic rings. The van der Waals surface area contributed by atoms with E-state index in [9.17, 15) is 19.1 Å². The van der Waals surface area contributed by atoms with Crippen LogP contribution < -0.4 is 9.47 Å². The van der Waals surface area contributed by atoms with Gasteiger partial charge in [0, 0.05) is 68.5 Å². The number of aliphatic carboxylic acids is 1. The van der Waals surface area contributed by atoms with Gasteiger partial charge < -0.3 is 24.4 Å². The zero-order valence-corrected chi connectivity index (χ0v) is 22.6. The number of amides is 1. The molecule has 1 atom stereocenters. The number of nitrogens with zero attached hydrogens (tertiary/aromatic N) is 2. The summed E-state index contributed by atoms with van der Waals surface area (Å²) in [5, 5.41) is 10.00. The third kappa shape index (κ3) is 5.76. The summed E-state index contributed by atoms with van der Waals surface area (Å²) in [6.45, 7) is 7.58. The molecule has 1 N–H and O–H groups in total. The van der Waals surface area contributed by atoms with Crippen LogP contribution in [-0.2, 0) is 11.2 Å². The number of likely N-dealkylation sites (tertiary alicyclic amines) is 2. The molecule has 0 aliphatic carbocycles. The Morgan fingerprint density at radius 2 is 1.95 bits per heavy atom. The molecule has 3 aliphatic heterocycles. The van der Waals surface area contributed by atoms with Gasteiger partial charge in [-0.15, -0.1) is 0 Å². The minimum absolute atomic E-state index is 0.148. The Morgan fingerprint density at radius 3 is 2.66 bits per heavy atom. The SMILES string of the molecule is CC(C)(COc1cc(F)ccc1C(=O)N1CC[C@H](C(=O)O)C1)CN1CCC2(CC1)Cc1cc(Cl)ccc1O2. The second kappa shape index (κ2) is 10.4. The minimum atomic E-state index is -0.908. The number of carbonyl (C=O) groups excluding carboxylic acids is 1. The van der Waals surface area contributed by atoms with Crippen molar-refractivity contribution in [3.63, 3.8) is 0 Å². The number of carboxylic acid groups (broad SMARTS) is 1. The second-order valence-electron chi connectivity index (χ2n) is 11.7. The lowest BCUT2D eigenvalue weighted by Gasteiger charge is -2.41. The van der Waals surface area contributed by atoms with E-state index >= 15 is 0 Å². The van der Waals surface area contributed by atoms with Gasteiger partial charge in [-0.25, -0.2) is 4.39 Å². The van der Waals surface area contributed by atoms with E-state index in [0.717, 1.165) is 49.7 Å². The van der Waals surface area contributed by atoms with Crippen molar-refractivity contribution in [3.05, 3.63) is 58.4 Å². The lowest BCUT2D eigenvalue weighted by molar-refractivity contribution is -0.141. The van der Waals surface area contributed by atoms with Crippen molar-refractivity contribution in [2.24, 2.45) is 11.3 Å². The molecule has 9 heteroatoms. The van der Waals surface area contributed by atoms with Crippen molar-refractivity contribution in [3.8, 4) is 11.5 Å². The number of hydrogen-bond acceptors (Lipinski definition) is 5. The summed E-state index contributed by atoms with van der Waals surface area (Å²) in [4.78, 5) is 28.3. The van der Waals surface area contributed by atoms with Gasteiger partial charge in [-0.2, -0.15) is 0 Å². The van der Waals surface area contributed by atoms with Crippen molar-refractivity contribution in [1.82, 2.24) is 9.80 Å². The molecule has 2 saturated heterocycles. The summed E-state index contributed by atoms with van der Waals surface area (Å²) in [6, 6.07) is 9.71. The zero-order valence-electron chi connectivity index (χ0n) is 21.8. The molecule has 0 radical (unpaired) electrons. The fourth-order valence-electron chi connectivity index (χ4n) is 5.83. The number of halogens is 2. The Labute approximate surface area is 227 Å². The van der Waals surface area contributed by atoms with Crippen molar-refractivity contribution in [1.29, 1.82) is 0 Å². The maximum absolute atomic E-state index is 14.1. The maximum Gasteiger partial charge on any atom is 0.308 e. The second-order valence-corrected chi connectivity index (χ2v) is 12.1. The molecule has 7 nitrogen and oxygen atoms in total. The molecule has 2 aromatic carbocycles. The molecule has 0 bridgehead atoms. The topological polar surface area (TPSA) is 79.3 Å². The number of carbonyl (C=O) groups is 2. The van der Waals surface area contributed by atoms with Crippen molar-refractivity contribution in [2.75, 3.05) is 39.3 Å². The molecule has 3 heterocycles. The summed E-state index contributed by atoms with van der Waals surface area (Å²) in [7, 11) is 0. The van der Waals surface area contributed by atoms with Gasteiger partial charge in [-0.3, -0.25) is 9.59 Å². The third-order valence-electron chi connectivity index (χ3n) is 7.90. The molecule has 38 heavy (non-hydrogen) atoms. The maximum atomic E-state index is 14.1. The van der Waals surface area contributed by atoms with Crippen molar-refractivity contribution < 1.29 is 28.6 Å². The number of piperidine rings is 1. The van der Waals surface area contributed by atoms with Crippen molar-refractivity contribution >= 4 is 23.5 Å². The normalized spacial score (nSPS) is 20.8. The van der Waals surface area contributed by atoms with Crippen LogP contribution in [0.4, 0.5) is 4.39 Å². The molecule has 0 saturated carbocycles. The van der Waals surface area contributed by atoms with E-state index in [0.29, 0.717) is 19.6 Å². The molecular formula is C29H34ClFN2O5. The number of benzene rings is 2. The van der Waals surface area contributed by atoms with Gasteiger partial charge in [0.1, 0.15) is 22.9 Å². The van der Waals surface area contributed by atoms with Gasteiger partial charge in [0.05, 0.1) is 18.1 Å². The highest BCUT2D eigenvalue weighted by atomic mass is 35.5. The Bertz CT molecular complexity index is 1230. The van der Waals surface area contributed by atoms with Crippen LogP contribution in [0.2, 0.25) is 5.02 Å². The largest absolute Gasteiger partial charge is 0.492 e. The van der Waals surface area contributed by atoms with Gasteiger partial charge in [0.2, 0.25) is 0 Å². The number of rotatable bonds is 7.